The van der Waals surface area contributed by atoms with Gasteiger partial charge in [0.25, 0.3) is 5.91 Å². The summed E-state index contributed by atoms with van der Waals surface area (Å²) in [5.41, 5.74) is 4.57. The van der Waals surface area contributed by atoms with E-state index in [4.69, 9.17) is 14.3 Å². The Morgan fingerprint density at radius 3 is 2.29 bits per heavy atom. The molecule has 0 saturated heterocycles. The number of benzene rings is 2. The Labute approximate surface area is 203 Å². The summed E-state index contributed by atoms with van der Waals surface area (Å²) in [5, 5.41) is 14.3. The minimum atomic E-state index is -0.976. The zero-order valence-electron chi connectivity index (χ0n) is 19.5. The molecule has 1 aliphatic carbocycles. The quantitative estimate of drug-likeness (QED) is 0.391. The van der Waals surface area contributed by atoms with Crippen LogP contribution >= 0.6 is 0 Å². The zero-order chi connectivity index (χ0) is 24.8. The van der Waals surface area contributed by atoms with E-state index in [1.165, 1.54) is 6.07 Å². The van der Waals surface area contributed by atoms with E-state index < -0.39 is 24.0 Å². The third-order valence-corrected chi connectivity index (χ3v) is 6.03. The third kappa shape index (κ3) is 5.71. The SMILES string of the molecule is CCC[C@H](CC(=O)O)NC(=O)c1ccc(CNC(=O)OCC2c3ccccc3-c3ccccc32)o1. The van der Waals surface area contributed by atoms with Crippen molar-refractivity contribution in [2.24, 2.45) is 0 Å². The van der Waals surface area contributed by atoms with E-state index in [0.29, 0.717) is 12.2 Å². The highest BCUT2D eigenvalue weighted by Gasteiger charge is 2.29. The Morgan fingerprint density at radius 2 is 1.66 bits per heavy atom. The lowest BCUT2D eigenvalue weighted by atomic mass is 9.98. The second-order valence-electron chi connectivity index (χ2n) is 8.50. The average molecular weight is 477 g/mol. The van der Waals surface area contributed by atoms with Gasteiger partial charge in [-0.25, -0.2) is 4.79 Å². The number of carbonyl (C=O) groups excluding carboxylic acids is 2. The molecule has 8 nitrogen and oxygen atoms in total. The van der Waals surface area contributed by atoms with Crippen LogP contribution in [-0.4, -0.2) is 35.7 Å². The molecule has 35 heavy (non-hydrogen) atoms. The number of carboxylic acid groups (broad SMARTS) is 1. The number of furan rings is 1. The molecule has 1 aromatic heterocycles. The van der Waals surface area contributed by atoms with Gasteiger partial charge in [-0.3, -0.25) is 9.59 Å². The zero-order valence-corrected chi connectivity index (χ0v) is 19.5. The number of hydrogen-bond acceptors (Lipinski definition) is 5. The van der Waals surface area contributed by atoms with Crippen molar-refractivity contribution in [3.05, 3.63) is 83.3 Å². The molecule has 0 fully saturated rings. The van der Waals surface area contributed by atoms with E-state index in [1.807, 2.05) is 31.2 Å². The second-order valence-corrected chi connectivity index (χ2v) is 8.50. The highest BCUT2D eigenvalue weighted by Crippen LogP contribution is 2.44. The molecular formula is C27H28N2O6. The van der Waals surface area contributed by atoms with Gasteiger partial charge in [0.15, 0.2) is 5.76 Å². The smallest absolute Gasteiger partial charge is 0.407 e. The fraction of sp³-hybridized carbons (Fsp3) is 0.296. The minimum Gasteiger partial charge on any atom is -0.481 e. The molecule has 3 N–H and O–H groups in total. The van der Waals surface area contributed by atoms with Crippen molar-refractivity contribution >= 4 is 18.0 Å². The van der Waals surface area contributed by atoms with Crippen molar-refractivity contribution in [1.82, 2.24) is 10.6 Å². The van der Waals surface area contributed by atoms with Crippen molar-refractivity contribution < 1.29 is 28.6 Å². The molecule has 1 aliphatic rings. The van der Waals surface area contributed by atoms with Crippen LogP contribution in [0.4, 0.5) is 4.79 Å². The third-order valence-electron chi connectivity index (χ3n) is 6.03. The molecule has 2 amide bonds. The molecule has 182 valence electrons. The lowest BCUT2D eigenvalue weighted by molar-refractivity contribution is -0.137. The topological polar surface area (TPSA) is 118 Å². The number of carbonyl (C=O) groups is 3. The second kappa shape index (κ2) is 10.9. The van der Waals surface area contributed by atoms with Gasteiger partial charge in [0, 0.05) is 12.0 Å². The summed E-state index contributed by atoms with van der Waals surface area (Å²) < 4.78 is 11.0. The predicted molar refractivity (Wildman–Crippen MR) is 129 cm³/mol. The summed E-state index contributed by atoms with van der Waals surface area (Å²) >= 11 is 0. The predicted octanol–water partition coefficient (Wildman–Crippen LogP) is 4.69. The number of nitrogens with one attached hydrogen (secondary N) is 2. The molecule has 0 bridgehead atoms. The van der Waals surface area contributed by atoms with Gasteiger partial charge in [-0.15, -0.1) is 0 Å². The van der Waals surface area contributed by atoms with E-state index in [0.717, 1.165) is 28.7 Å². The molecule has 2 aromatic carbocycles. The number of ether oxygens (including phenoxy) is 1. The Balaban J connectivity index is 1.29. The van der Waals surface area contributed by atoms with Crippen LogP contribution in [0.3, 0.4) is 0 Å². The summed E-state index contributed by atoms with van der Waals surface area (Å²) in [4.78, 5) is 35.7. The molecule has 0 spiro atoms. The largest absolute Gasteiger partial charge is 0.481 e. The molecule has 8 heteroatoms. The van der Waals surface area contributed by atoms with Gasteiger partial charge < -0.3 is 24.9 Å². The number of aliphatic carboxylic acids is 1. The van der Waals surface area contributed by atoms with Crippen LogP contribution in [0.15, 0.2) is 65.1 Å². The van der Waals surface area contributed by atoms with Crippen molar-refractivity contribution in [3.63, 3.8) is 0 Å². The number of fused-ring (bicyclic) bond motifs is 3. The monoisotopic (exact) mass is 476 g/mol. The molecule has 0 unspecified atom stereocenters. The number of carboxylic acids is 1. The molecule has 0 aliphatic heterocycles. The number of alkyl carbamates (subject to hydrolysis) is 1. The van der Waals surface area contributed by atoms with Crippen molar-refractivity contribution in [3.8, 4) is 11.1 Å². The lowest BCUT2D eigenvalue weighted by Gasteiger charge is -2.15. The van der Waals surface area contributed by atoms with E-state index in [9.17, 15) is 14.4 Å². The summed E-state index contributed by atoms with van der Waals surface area (Å²) in [6, 6.07) is 18.8. The van der Waals surface area contributed by atoms with Crippen LogP contribution < -0.4 is 10.6 Å². The van der Waals surface area contributed by atoms with E-state index in [-0.39, 0.29) is 31.3 Å². The van der Waals surface area contributed by atoms with E-state index >= 15 is 0 Å². The lowest BCUT2D eigenvalue weighted by Crippen LogP contribution is -2.36. The summed E-state index contributed by atoms with van der Waals surface area (Å²) in [6.07, 6.45) is 0.552. The average Bonchev–Trinajstić information content (AvgIpc) is 3.44. The number of hydrogen-bond donors (Lipinski definition) is 3. The molecule has 0 saturated carbocycles. The number of rotatable bonds is 10. The Bertz CT molecular complexity index is 1170. The summed E-state index contributed by atoms with van der Waals surface area (Å²) in [7, 11) is 0. The molecular weight excluding hydrogens is 448 g/mol. The molecule has 0 radical (unpaired) electrons. The van der Waals surface area contributed by atoms with E-state index in [1.54, 1.807) is 6.07 Å². The Hall–Kier alpha value is -4.07. The molecule has 4 rings (SSSR count). The summed E-state index contributed by atoms with van der Waals surface area (Å²) in [6.45, 7) is 2.17. The van der Waals surface area contributed by atoms with Gasteiger partial charge in [-0.2, -0.15) is 0 Å². The number of amides is 2. The van der Waals surface area contributed by atoms with Crippen LogP contribution in [0.2, 0.25) is 0 Å². The first-order valence-corrected chi connectivity index (χ1v) is 11.7. The summed E-state index contributed by atoms with van der Waals surface area (Å²) in [5.74, 6) is -1.06. The maximum Gasteiger partial charge on any atom is 0.407 e. The van der Waals surface area contributed by atoms with Crippen LogP contribution in [-0.2, 0) is 16.1 Å². The van der Waals surface area contributed by atoms with Crippen molar-refractivity contribution in [2.75, 3.05) is 6.61 Å². The van der Waals surface area contributed by atoms with Gasteiger partial charge in [0.2, 0.25) is 0 Å². The van der Waals surface area contributed by atoms with Crippen LogP contribution in [0.5, 0.6) is 0 Å². The molecule has 1 heterocycles. The maximum absolute atomic E-state index is 12.4. The maximum atomic E-state index is 12.4. The van der Waals surface area contributed by atoms with Crippen LogP contribution in [0, 0.1) is 0 Å². The highest BCUT2D eigenvalue weighted by molar-refractivity contribution is 5.92. The Kier molecular flexibility index (Phi) is 7.50. The standard InChI is InChI=1S/C27H28N2O6/c1-2-7-17(14-25(30)31)29-26(32)24-13-12-18(35-24)15-28-27(33)34-16-23-21-10-5-3-8-19(21)20-9-4-6-11-22(20)23/h3-6,8-13,17,23H,2,7,14-16H2,1H3,(H,28,33)(H,29,32)(H,30,31)/t17-/m1/s1. The van der Waals surface area contributed by atoms with Gasteiger partial charge in [0.1, 0.15) is 12.4 Å². The van der Waals surface area contributed by atoms with Gasteiger partial charge >= 0.3 is 12.1 Å². The fourth-order valence-corrected chi connectivity index (χ4v) is 4.44. The first-order chi connectivity index (χ1) is 17.0. The minimum absolute atomic E-state index is 0.0334. The van der Waals surface area contributed by atoms with Crippen molar-refractivity contribution in [1.29, 1.82) is 0 Å². The fourth-order valence-electron chi connectivity index (χ4n) is 4.44. The Morgan fingerprint density at radius 1 is 1.00 bits per heavy atom. The first-order valence-electron chi connectivity index (χ1n) is 11.7. The molecule has 1 atom stereocenters. The van der Waals surface area contributed by atoms with Gasteiger partial charge in [-0.05, 0) is 40.8 Å². The van der Waals surface area contributed by atoms with Crippen LogP contribution in [0.25, 0.3) is 11.1 Å². The first kappa shape index (κ1) is 24.1. The van der Waals surface area contributed by atoms with Gasteiger partial charge in [0.05, 0.1) is 13.0 Å². The normalized spacial score (nSPS) is 12.9. The highest BCUT2D eigenvalue weighted by atomic mass is 16.5. The van der Waals surface area contributed by atoms with Crippen molar-refractivity contribution in [2.45, 2.75) is 44.7 Å². The van der Waals surface area contributed by atoms with Crippen LogP contribution in [0.1, 0.15) is 59.5 Å². The van der Waals surface area contributed by atoms with E-state index in [2.05, 4.69) is 34.9 Å². The van der Waals surface area contributed by atoms with Gasteiger partial charge in [-0.1, -0.05) is 61.9 Å². The molecule has 3 aromatic rings.